The van der Waals surface area contributed by atoms with E-state index < -0.39 is 0 Å². The van der Waals surface area contributed by atoms with Gasteiger partial charge in [0.1, 0.15) is 0 Å². The number of methoxy groups -OCH3 is 1. The Kier molecular flexibility index (Phi) is 6.51. The average Bonchev–Trinajstić information content (AvgIpc) is 2.84. The summed E-state index contributed by atoms with van der Waals surface area (Å²) in [6.45, 7) is 10.8. The van der Waals surface area contributed by atoms with Gasteiger partial charge in [0.15, 0.2) is 0 Å². The molecule has 0 saturated carbocycles. The van der Waals surface area contributed by atoms with Crippen molar-refractivity contribution < 1.29 is 4.74 Å². The zero-order chi connectivity index (χ0) is 15.1. The Bertz CT molecular complexity index is 410. The van der Waals surface area contributed by atoms with Crippen LogP contribution in [0.5, 0.6) is 0 Å². The first-order chi connectivity index (χ1) is 10.2. The van der Waals surface area contributed by atoms with Gasteiger partial charge in [0.25, 0.3) is 0 Å². The van der Waals surface area contributed by atoms with Crippen molar-refractivity contribution >= 4 is 5.95 Å². The molecule has 5 nitrogen and oxygen atoms in total. The number of ether oxygens (including phenoxy) is 1. The maximum atomic E-state index is 5.09. The molecule has 1 aromatic rings. The van der Waals surface area contributed by atoms with E-state index in [9.17, 15) is 0 Å². The number of hydrogen-bond acceptors (Lipinski definition) is 4. The highest BCUT2D eigenvalue weighted by Gasteiger charge is 2.19. The van der Waals surface area contributed by atoms with Crippen LogP contribution in [0.2, 0.25) is 0 Å². The van der Waals surface area contributed by atoms with Crippen LogP contribution in [-0.4, -0.2) is 54.3 Å². The average molecular weight is 294 g/mol. The summed E-state index contributed by atoms with van der Waals surface area (Å²) in [5, 5.41) is 3.44. The molecule has 21 heavy (non-hydrogen) atoms. The van der Waals surface area contributed by atoms with Crippen LogP contribution in [0.4, 0.5) is 5.95 Å². The second-order valence-electron chi connectivity index (χ2n) is 6.01. The standard InChI is InChI=1S/C16H30N4O/c1-4-19-9-6-15(7-10-19)13-20-12-14(2)18-16(20)17-8-5-11-21-3/h12,15H,4-11,13H2,1-3H3,(H,17,18). The number of anilines is 1. The summed E-state index contributed by atoms with van der Waals surface area (Å²) in [5.41, 5.74) is 1.09. The van der Waals surface area contributed by atoms with Crippen molar-refractivity contribution in [3.8, 4) is 0 Å². The van der Waals surface area contributed by atoms with Gasteiger partial charge in [0.2, 0.25) is 5.95 Å². The van der Waals surface area contributed by atoms with E-state index in [0.29, 0.717) is 0 Å². The highest BCUT2D eigenvalue weighted by Crippen LogP contribution is 2.21. The number of piperidine rings is 1. The molecule has 0 aliphatic carbocycles. The second kappa shape index (κ2) is 8.39. The SMILES string of the molecule is CCN1CCC(Cn2cc(C)nc2NCCCOC)CC1. The maximum Gasteiger partial charge on any atom is 0.203 e. The summed E-state index contributed by atoms with van der Waals surface area (Å²) in [7, 11) is 1.74. The second-order valence-corrected chi connectivity index (χ2v) is 6.01. The molecule has 1 aliphatic heterocycles. The fourth-order valence-corrected chi connectivity index (χ4v) is 3.01. The highest BCUT2D eigenvalue weighted by molar-refractivity contribution is 5.28. The molecule has 1 aromatic heterocycles. The van der Waals surface area contributed by atoms with Crippen LogP contribution in [0.25, 0.3) is 0 Å². The summed E-state index contributed by atoms with van der Waals surface area (Å²) in [6.07, 6.45) is 5.78. The Morgan fingerprint density at radius 2 is 2.14 bits per heavy atom. The minimum atomic E-state index is 0.779. The van der Waals surface area contributed by atoms with E-state index in [-0.39, 0.29) is 0 Å². The molecule has 1 aliphatic rings. The van der Waals surface area contributed by atoms with Crippen molar-refractivity contribution in [2.45, 2.75) is 39.7 Å². The lowest BCUT2D eigenvalue weighted by molar-refractivity contribution is 0.181. The summed E-state index contributed by atoms with van der Waals surface area (Å²) in [6, 6.07) is 0. The van der Waals surface area contributed by atoms with Crippen molar-refractivity contribution in [2.75, 3.05) is 45.2 Å². The van der Waals surface area contributed by atoms with E-state index in [1.54, 1.807) is 7.11 Å². The maximum absolute atomic E-state index is 5.09. The molecule has 1 N–H and O–H groups in total. The van der Waals surface area contributed by atoms with Gasteiger partial charge in [-0.15, -0.1) is 0 Å². The topological polar surface area (TPSA) is 42.3 Å². The molecule has 2 rings (SSSR count). The van der Waals surface area contributed by atoms with E-state index in [4.69, 9.17) is 4.74 Å². The Balaban J connectivity index is 1.84. The summed E-state index contributed by atoms with van der Waals surface area (Å²) < 4.78 is 7.39. The predicted molar refractivity (Wildman–Crippen MR) is 86.8 cm³/mol. The van der Waals surface area contributed by atoms with E-state index in [2.05, 4.69) is 39.8 Å². The third-order valence-corrected chi connectivity index (χ3v) is 4.31. The van der Waals surface area contributed by atoms with Crippen molar-refractivity contribution in [1.29, 1.82) is 0 Å². The normalized spacial score (nSPS) is 17.3. The summed E-state index contributed by atoms with van der Waals surface area (Å²) >= 11 is 0. The van der Waals surface area contributed by atoms with Gasteiger partial charge in [-0.1, -0.05) is 6.92 Å². The van der Waals surface area contributed by atoms with Crippen LogP contribution in [0.15, 0.2) is 6.20 Å². The molecule has 5 heteroatoms. The molecular formula is C16H30N4O. The first-order valence-corrected chi connectivity index (χ1v) is 8.21. The molecule has 120 valence electrons. The minimum Gasteiger partial charge on any atom is -0.385 e. The zero-order valence-electron chi connectivity index (χ0n) is 13.8. The Morgan fingerprint density at radius 3 is 2.81 bits per heavy atom. The molecule has 1 fully saturated rings. The number of rotatable bonds is 8. The number of aryl methyl sites for hydroxylation is 1. The Hall–Kier alpha value is -1.07. The van der Waals surface area contributed by atoms with Crippen molar-refractivity contribution in [2.24, 2.45) is 5.92 Å². The molecule has 0 amide bonds. The summed E-state index contributed by atoms with van der Waals surface area (Å²) in [5.74, 6) is 1.79. The van der Waals surface area contributed by atoms with Crippen LogP contribution in [0, 0.1) is 12.8 Å². The number of nitrogens with one attached hydrogen (secondary N) is 1. The molecule has 0 atom stereocenters. The molecule has 0 unspecified atom stereocenters. The largest absolute Gasteiger partial charge is 0.385 e. The smallest absolute Gasteiger partial charge is 0.203 e. The van der Waals surface area contributed by atoms with Crippen LogP contribution >= 0.6 is 0 Å². The molecule has 0 bridgehead atoms. The first-order valence-electron chi connectivity index (χ1n) is 8.21. The number of aromatic nitrogens is 2. The third kappa shape index (κ3) is 5.00. The molecular weight excluding hydrogens is 264 g/mol. The van der Waals surface area contributed by atoms with Gasteiger partial charge in [-0.05, 0) is 51.7 Å². The molecule has 0 aromatic carbocycles. The van der Waals surface area contributed by atoms with E-state index in [0.717, 1.165) is 43.7 Å². The van der Waals surface area contributed by atoms with E-state index in [1.165, 1.54) is 32.5 Å². The van der Waals surface area contributed by atoms with Crippen molar-refractivity contribution in [1.82, 2.24) is 14.5 Å². The fraction of sp³-hybridized carbons (Fsp3) is 0.812. The van der Waals surface area contributed by atoms with E-state index >= 15 is 0 Å². The van der Waals surface area contributed by atoms with Gasteiger partial charge in [-0.3, -0.25) is 0 Å². The van der Waals surface area contributed by atoms with Crippen LogP contribution in [0.3, 0.4) is 0 Å². The quantitative estimate of drug-likeness (QED) is 0.748. The number of nitrogens with zero attached hydrogens (tertiary/aromatic N) is 3. The molecule has 0 spiro atoms. The number of hydrogen-bond donors (Lipinski definition) is 1. The lowest BCUT2D eigenvalue weighted by atomic mass is 9.97. The lowest BCUT2D eigenvalue weighted by Gasteiger charge is -2.31. The fourth-order valence-electron chi connectivity index (χ4n) is 3.01. The van der Waals surface area contributed by atoms with Crippen LogP contribution in [-0.2, 0) is 11.3 Å². The van der Waals surface area contributed by atoms with Gasteiger partial charge in [0.05, 0.1) is 5.69 Å². The minimum absolute atomic E-state index is 0.779. The van der Waals surface area contributed by atoms with Gasteiger partial charge >= 0.3 is 0 Å². The first kappa shape index (κ1) is 16.3. The van der Waals surface area contributed by atoms with Gasteiger partial charge in [-0.25, -0.2) is 4.98 Å². The van der Waals surface area contributed by atoms with Gasteiger partial charge in [0, 0.05) is 33.0 Å². The predicted octanol–water partition coefficient (Wildman–Crippen LogP) is 2.37. The molecule has 1 saturated heterocycles. The Labute approximate surface area is 128 Å². The lowest BCUT2D eigenvalue weighted by Crippen LogP contribution is -2.34. The number of likely N-dealkylation sites (tertiary alicyclic amines) is 1. The van der Waals surface area contributed by atoms with Crippen LogP contribution in [0.1, 0.15) is 31.9 Å². The molecule has 2 heterocycles. The highest BCUT2D eigenvalue weighted by atomic mass is 16.5. The van der Waals surface area contributed by atoms with Gasteiger partial charge in [-0.2, -0.15) is 0 Å². The molecule has 0 radical (unpaired) electrons. The van der Waals surface area contributed by atoms with Crippen LogP contribution < -0.4 is 5.32 Å². The van der Waals surface area contributed by atoms with Crippen molar-refractivity contribution in [3.63, 3.8) is 0 Å². The van der Waals surface area contributed by atoms with E-state index in [1.807, 2.05) is 0 Å². The zero-order valence-corrected chi connectivity index (χ0v) is 13.8. The summed E-state index contributed by atoms with van der Waals surface area (Å²) in [4.78, 5) is 7.15. The van der Waals surface area contributed by atoms with Gasteiger partial charge < -0.3 is 19.5 Å². The monoisotopic (exact) mass is 294 g/mol. The Morgan fingerprint density at radius 1 is 1.38 bits per heavy atom. The van der Waals surface area contributed by atoms with Crippen molar-refractivity contribution in [3.05, 3.63) is 11.9 Å². The number of imidazole rings is 1. The third-order valence-electron chi connectivity index (χ3n) is 4.31.